The monoisotopic (exact) mass is 527 g/mol. The first-order valence-electron chi connectivity index (χ1n) is 14.0. The largest absolute Gasteiger partial charge is 0.481 e. The third-order valence-corrected chi connectivity index (χ3v) is 8.12. The van der Waals surface area contributed by atoms with Crippen molar-refractivity contribution in [3.8, 4) is 0 Å². The number of ketones is 1. The van der Waals surface area contributed by atoms with Crippen LogP contribution in [-0.2, 0) is 14.9 Å². The quantitative estimate of drug-likeness (QED) is 0.291. The third kappa shape index (κ3) is 6.66. The van der Waals surface area contributed by atoms with Gasteiger partial charge in [0.15, 0.2) is 5.78 Å². The predicted molar refractivity (Wildman–Crippen MR) is 155 cm³/mol. The minimum atomic E-state index is -0.997. The molecule has 0 bridgehead atoms. The fourth-order valence-electron chi connectivity index (χ4n) is 5.32. The zero-order valence-corrected chi connectivity index (χ0v) is 23.8. The van der Waals surface area contributed by atoms with E-state index in [0.717, 1.165) is 43.5 Å². The number of ether oxygens (including phenoxy) is 1. The maximum Gasteiger partial charge on any atom is 0.313 e. The molecule has 1 N–H and O–H groups in total. The summed E-state index contributed by atoms with van der Waals surface area (Å²) in [5.41, 5.74) is 5.09. The number of Topliss-reactive ketones (excluding diaryl/α,β-unsaturated/α-hetero) is 1. The first-order chi connectivity index (χ1) is 18.6. The van der Waals surface area contributed by atoms with Gasteiger partial charge in [-0.3, -0.25) is 14.5 Å². The lowest BCUT2D eigenvalue weighted by atomic mass is 9.84. The van der Waals surface area contributed by atoms with Crippen molar-refractivity contribution >= 4 is 11.8 Å². The summed E-state index contributed by atoms with van der Waals surface area (Å²) >= 11 is 0. The van der Waals surface area contributed by atoms with Crippen molar-refractivity contribution in [3.63, 3.8) is 0 Å². The van der Waals surface area contributed by atoms with Crippen LogP contribution in [0.4, 0.5) is 0 Å². The number of benzene rings is 3. The van der Waals surface area contributed by atoms with E-state index in [-0.39, 0.29) is 24.0 Å². The highest BCUT2D eigenvalue weighted by Gasteiger charge is 2.32. The summed E-state index contributed by atoms with van der Waals surface area (Å²) in [5.74, 6) is -0.793. The van der Waals surface area contributed by atoms with E-state index in [4.69, 9.17) is 4.74 Å². The topological polar surface area (TPSA) is 66.8 Å². The third-order valence-electron chi connectivity index (χ3n) is 8.12. The van der Waals surface area contributed by atoms with Crippen LogP contribution in [0.25, 0.3) is 0 Å². The van der Waals surface area contributed by atoms with Crippen LogP contribution in [0, 0.1) is 13.8 Å². The highest BCUT2D eigenvalue weighted by molar-refractivity contribution is 6.00. The Morgan fingerprint density at radius 1 is 0.872 bits per heavy atom. The summed E-state index contributed by atoms with van der Waals surface area (Å²) in [4.78, 5) is 27.3. The van der Waals surface area contributed by atoms with Crippen LogP contribution >= 0.6 is 0 Å². The first-order valence-corrected chi connectivity index (χ1v) is 14.0. The summed E-state index contributed by atoms with van der Waals surface area (Å²) in [6.45, 7) is 11.2. The van der Waals surface area contributed by atoms with Crippen LogP contribution < -0.4 is 0 Å². The van der Waals surface area contributed by atoms with Gasteiger partial charge in [-0.05, 0) is 63.6 Å². The molecule has 0 aliphatic carbocycles. The second-order valence-corrected chi connectivity index (χ2v) is 11.4. The number of rotatable bonds is 10. The van der Waals surface area contributed by atoms with E-state index in [9.17, 15) is 14.7 Å². The Kier molecular flexibility index (Phi) is 9.04. The second kappa shape index (κ2) is 12.3. The van der Waals surface area contributed by atoms with Gasteiger partial charge in [0.05, 0.1) is 17.6 Å². The molecule has 4 rings (SSSR count). The van der Waals surface area contributed by atoms with Gasteiger partial charge < -0.3 is 9.84 Å². The lowest BCUT2D eigenvalue weighted by Crippen LogP contribution is -2.47. The number of nitrogens with zero attached hydrogens (tertiary/aromatic N) is 1. The van der Waals surface area contributed by atoms with Crippen molar-refractivity contribution in [1.29, 1.82) is 0 Å². The average Bonchev–Trinajstić information content (AvgIpc) is 2.94. The highest BCUT2D eigenvalue weighted by Crippen LogP contribution is 2.31. The predicted octanol–water partition coefficient (Wildman–Crippen LogP) is 6.90. The van der Waals surface area contributed by atoms with Crippen molar-refractivity contribution in [2.75, 3.05) is 13.1 Å². The molecule has 0 aromatic heterocycles. The number of carbonyl (C=O) groups excluding carboxylic acids is 1. The molecular formula is C34H41NO4. The normalized spacial score (nSPS) is 15.8. The number of carboxylic acids is 1. The van der Waals surface area contributed by atoms with Gasteiger partial charge in [-0.2, -0.15) is 0 Å². The molecule has 39 heavy (non-hydrogen) atoms. The second-order valence-electron chi connectivity index (χ2n) is 11.4. The number of likely N-dealkylation sites (tertiary alicyclic amines) is 1. The van der Waals surface area contributed by atoms with E-state index in [0.29, 0.717) is 11.1 Å². The number of aliphatic carboxylic acids is 1. The van der Waals surface area contributed by atoms with E-state index in [1.54, 1.807) is 38.1 Å². The zero-order valence-electron chi connectivity index (χ0n) is 23.8. The van der Waals surface area contributed by atoms with Gasteiger partial charge >= 0.3 is 5.97 Å². The maximum absolute atomic E-state index is 13.5. The summed E-state index contributed by atoms with van der Waals surface area (Å²) in [5, 5.41) is 9.51. The van der Waals surface area contributed by atoms with Crippen molar-refractivity contribution < 1.29 is 19.4 Å². The van der Waals surface area contributed by atoms with Crippen molar-refractivity contribution in [2.45, 2.75) is 77.5 Å². The summed E-state index contributed by atoms with van der Waals surface area (Å²) in [6.07, 6.45) is 2.44. The number of piperidine rings is 1. The molecule has 1 unspecified atom stereocenters. The van der Waals surface area contributed by atoms with Gasteiger partial charge in [0, 0.05) is 18.7 Å². The maximum atomic E-state index is 13.5. The molecule has 1 aliphatic heterocycles. The Labute approximate surface area is 232 Å². The summed E-state index contributed by atoms with van der Waals surface area (Å²) < 4.78 is 6.75. The molecule has 206 valence electrons. The Morgan fingerprint density at radius 2 is 1.36 bits per heavy atom. The SMILES string of the molecule is CCC(C(=O)c1ccc(C(C)(C)C(=O)O)cc1)N1CCC(OC(c2ccc(C)cc2)c2ccc(C)cc2)CC1. The average molecular weight is 528 g/mol. The molecule has 1 atom stereocenters. The molecular weight excluding hydrogens is 486 g/mol. The van der Waals surface area contributed by atoms with E-state index in [2.05, 4.69) is 74.2 Å². The number of carbonyl (C=O) groups is 2. The van der Waals surface area contributed by atoms with Gasteiger partial charge in [0.2, 0.25) is 0 Å². The van der Waals surface area contributed by atoms with Crippen LogP contribution in [0.5, 0.6) is 0 Å². The summed E-state index contributed by atoms with van der Waals surface area (Å²) in [6, 6.07) is 24.0. The molecule has 1 aliphatic rings. The molecule has 0 amide bonds. The highest BCUT2D eigenvalue weighted by atomic mass is 16.5. The standard InChI is InChI=1S/C34H41NO4/c1-6-30(31(36)25-15-17-28(18-16-25)34(4,5)33(37)38)35-21-19-29(20-22-35)39-32(26-11-7-23(2)8-12-26)27-13-9-24(3)10-14-27/h7-18,29-30,32H,6,19-22H2,1-5H3,(H,37,38). The van der Waals surface area contributed by atoms with Crippen LogP contribution in [0.2, 0.25) is 0 Å². The fraction of sp³-hybridized carbons (Fsp3) is 0.412. The fourth-order valence-corrected chi connectivity index (χ4v) is 5.32. The zero-order chi connectivity index (χ0) is 28.2. The molecule has 0 spiro atoms. The number of hydrogen-bond donors (Lipinski definition) is 1. The molecule has 5 heteroatoms. The van der Waals surface area contributed by atoms with Gasteiger partial charge in [-0.1, -0.05) is 90.8 Å². The molecule has 1 heterocycles. The Morgan fingerprint density at radius 3 is 1.79 bits per heavy atom. The number of hydrogen-bond acceptors (Lipinski definition) is 4. The van der Waals surface area contributed by atoms with Crippen LogP contribution in [-0.4, -0.2) is 47.0 Å². The first kappa shape index (κ1) is 28.7. The van der Waals surface area contributed by atoms with Crippen LogP contribution in [0.15, 0.2) is 72.8 Å². The van der Waals surface area contributed by atoms with E-state index < -0.39 is 11.4 Å². The molecule has 5 nitrogen and oxygen atoms in total. The Hall–Kier alpha value is -3.28. The van der Waals surface area contributed by atoms with E-state index in [1.807, 2.05) is 0 Å². The van der Waals surface area contributed by atoms with Crippen molar-refractivity contribution in [3.05, 3.63) is 106 Å². The lowest BCUT2D eigenvalue weighted by Gasteiger charge is -2.37. The molecule has 0 saturated carbocycles. The van der Waals surface area contributed by atoms with Crippen molar-refractivity contribution in [1.82, 2.24) is 4.90 Å². The van der Waals surface area contributed by atoms with E-state index >= 15 is 0 Å². The lowest BCUT2D eigenvalue weighted by molar-refractivity contribution is -0.142. The van der Waals surface area contributed by atoms with Gasteiger partial charge in [0.1, 0.15) is 6.10 Å². The number of aryl methyl sites for hydroxylation is 2. The molecule has 1 saturated heterocycles. The Bertz CT molecular complexity index is 1210. The number of carboxylic acid groups (broad SMARTS) is 1. The molecule has 3 aromatic carbocycles. The minimum absolute atomic E-state index is 0.0914. The molecule has 1 fully saturated rings. The van der Waals surface area contributed by atoms with Crippen molar-refractivity contribution in [2.24, 2.45) is 0 Å². The van der Waals surface area contributed by atoms with E-state index in [1.165, 1.54) is 11.1 Å². The van der Waals surface area contributed by atoms with Gasteiger partial charge in [-0.15, -0.1) is 0 Å². The molecule has 0 radical (unpaired) electrons. The summed E-state index contributed by atoms with van der Waals surface area (Å²) in [7, 11) is 0. The van der Waals surface area contributed by atoms with Gasteiger partial charge in [-0.25, -0.2) is 0 Å². The minimum Gasteiger partial charge on any atom is -0.481 e. The van der Waals surface area contributed by atoms with Crippen LogP contribution in [0.3, 0.4) is 0 Å². The molecule has 3 aromatic rings. The van der Waals surface area contributed by atoms with Gasteiger partial charge in [0.25, 0.3) is 0 Å². The Balaban J connectivity index is 1.42. The smallest absolute Gasteiger partial charge is 0.313 e. The van der Waals surface area contributed by atoms with Crippen LogP contribution in [0.1, 0.15) is 84.3 Å².